The Morgan fingerprint density at radius 3 is 2.56 bits per heavy atom. The Kier molecular flexibility index (Phi) is 7.76. The van der Waals surface area contributed by atoms with Crippen molar-refractivity contribution in [3.05, 3.63) is 23.3 Å². The average molecular weight is 377 g/mol. The Balaban J connectivity index is 1.82. The lowest BCUT2D eigenvalue weighted by Crippen LogP contribution is -2.37. The molecule has 1 heterocycles. The number of guanidine groups is 1. The van der Waals surface area contributed by atoms with Crippen LogP contribution in [-0.4, -0.2) is 50.6 Å². The van der Waals surface area contributed by atoms with E-state index in [0.717, 1.165) is 30.7 Å². The van der Waals surface area contributed by atoms with E-state index in [1.165, 1.54) is 5.56 Å². The molecule has 0 unspecified atom stereocenters. The number of carbonyl (C=O) groups is 1. The first-order chi connectivity index (χ1) is 12.9. The molecule has 1 aromatic carbocycles. The second-order valence-electron chi connectivity index (χ2n) is 7.19. The fraction of sp³-hybridized carbons (Fsp3) is 0.600. The van der Waals surface area contributed by atoms with E-state index in [1.54, 1.807) is 14.2 Å². The topological polar surface area (TPSA) is 89.2 Å². The van der Waals surface area contributed by atoms with Gasteiger partial charge in [-0.05, 0) is 42.0 Å². The minimum absolute atomic E-state index is 0.162. The predicted octanol–water partition coefficient (Wildman–Crippen LogP) is 1.93. The van der Waals surface area contributed by atoms with Gasteiger partial charge in [0.2, 0.25) is 5.91 Å². The minimum Gasteiger partial charge on any atom is -0.493 e. The number of nitrogens with one attached hydrogen (secondary N) is 1. The number of amides is 1. The van der Waals surface area contributed by atoms with E-state index in [9.17, 15) is 4.79 Å². The quantitative estimate of drug-likeness (QED) is 0.411. The first-order valence-corrected chi connectivity index (χ1v) is 9.50. The van der Waals surface area contributed by atoms with E-state index in [-0.39, 0.29) is 5.91 Å². The first kappa shape index (κ1) is 20.9. The van der Waals surface area contributed by atoms with Gasteiger partial charge in [-0.15, -0.1) is 0 Å². The number of aliphatic imine (C=N–C) groups is 1. The number of ether oxygens (including phenoxy) is 2. The zero-order valence-electron chi connectivity index (χ0n) is 16.9. The largest absolute Gasteiger partial charge is 0.493 e. The molecule has 2 rings (SSSR count). The molecule has 0 spiro atoms. The number of fused-ring (bicyclic) bond motifs is 1. The number of methoxy groups -OCH3 is 2. The van der Waals surface area contributed by atoms with E-state index >= 15 is 0 Å². The molecule has 0 saturated heterocycles. The first-order valence-electron chi connectivity index (χ1n) is 9.50. The summed E-state index contributed by atoms with van der Waals surface area (Å²) in [5.41, 5.74) is 8.14. The number of nitrogens with two attached hydrogens (primary N) is 1. The van der Waals surface area contributed by atoms with Crippen molar-refractivity contribution in [3.8, 4) is 11.5 Å². The molecule has 1 aliphatic rings. The SMILES string of the molecule is COc1cc2c(cc1OC)CN(C(=O)CCCNC(N)=NCC(C)C)CC2. The van der Waals surface area contributed by atoms with Crippen LogP contribution < -0.4 is 20.5 Å². The van der Waals surface area contributed by atoms with Gasteiger partial charge >= 0.3 is 0 Å². The Bertz CT molecular complexity index is 673. The zero-order chi connectivity index (χ0) is 19.8. The molecule has 1 amide bonds. The number of carbonyl (C=O) groups excluding carboxylic acids is 1. The Morgan fingerprint density at radius 2 is 1.93 bits per heavy atom. The molecule has 7 nitrogen and oxygen atoms in total. The van der Waals surface area contributed by atoms with Crippen LogP contribution in [0.2, 0.25) is 0 Å². The number of rotatable bonds is 8. The van der Waals surface area contributed by atoms with Crippen molar-refractivity contribution in [3.63, 3.8) is 0 Å². The van der Waals surface area contributed by atoms with Crippen molar-refractivity contribution in [1.82, 2.24) is 10.2 Å². The molecule has 0 aliphatic carbocycles. The van der Waals surface area contributed by atoms with Crippen LogP contribution >= 0.6 is 0 Å². The molecule has 1 aromatic rings. The summed E-state index contributed by atoms with van der Waals surface area (Å²) < 4.78 is 10.7. The fourth-order valence-electron chi connectivity index (χ4n) is 3.05. The van der Waals surface area contributed by atoms with Gasteiger partial charge in [-0.3, -0.25) is 9.79 Å². The Hall–Kier alpha value is -2.44. The summed E-state index contributed by atoms with van der Waals surface area (Å²) in [6.07, 6.45) is 2.05. The van der Waals surface area contributed by atoms with E-state index in [0.29, 0.717) is 43.7 Å². The molecule has 7 heteroatoms. The van der Waals surface area contributed by atoms with Crippen molar-refractivity contribution in [2.75, 3.05) is 33.9 Å². The van der Waals surface area contributed by atoms with E-state index in [2.05, 4.69) is 24.2 Å². The van der Waals surface area contributed by atoms with Crippen molar-refractivity contribution in [2.45, 2.75) is 39.7 Å². The monoisotopic (exact) mass is 376 g/mol. The maximum absolute atomic E-state index is 12.5. The van der Waals surface area contributed by atoms with Gasteiger partial charge in [0.05, 0.1) is 14.2 Å². The van der Waals surface area contributed by atoms with Crippen LogP contribution in [0, 0.1) is 5.92 Å². The van der Waals surface area contributed by atoms with Crippen LogP contribution in [0.3, 0.4) is 0 Å². The van der Waals surface area contributed by atoms with Crippen molar-refractivity contribution in [2.24, 2.45) is 16.6 Å². The summed E-state index contributed by atoms with van der Waals surface area (Å²) in [4.78, 5) is 18.7. The van der Waals surface area contributed by atoms with Gasteiger partial charge in [0.25, 0.3) is 0 Å². The highest BCUT2D eigenvalue weighted by molar-refractivity contribution is 5.78. The van der Waals surface area contributed by atoms with Gasteiger partial charge in [-0.2, -0.15) is 0 Å². The van der Waals surface area contributed by atoms with Crippen LogP contribution in [0.15, 0.2) is 17.1 Å². The number of nitrogens with zero attached hydrogens (tertiary/aromatic N) is 2. The maximum atomic E-state index is 12.5. The average Bonchev–Trinajstić information content (AvgIpc) is 2.67. The molecule has 3 N–H and O–H groups in total. The predicted molar refractivity (Wildman–Crippen MR) is 107 cm³/mol. The van der Waals surface area contributed by atoms with Gasteiger partial charge in [-0.25, -0.2) is 0 Å². The third-order valence-electron chi connectivity index (χ3n) is 4.57. The Morgan fingerprint density at radius 1 is 1.26 bits per heavy atom. The number of hydrogen-bond donors (Lipinski definition) is 2. The highest BCUT2D eigenvalue weighted by Crippen LogP contribution is 2.33. The third kappa shape index (κ3) is 6.05. The van der Waals surface area contributed by atoms with Crippen molar-refractivity contribution < 1.29 is 14.3 Å². The second kappa shape index (κ2) is 10.0. The van der Waals surface area contributed by atoms with E-state index < -0.39 is 0 Å². The summed E-state index contributed by atoms with van der Waals surface area (Å²) in [6.45, 7) is 6.89. The second-order valence-corrected chi connectivity index (χ2v) is 7.19. The molecule has 0 atom stereocenters. The van der Waals surface area contributed by atoms with Gasteiger partial charge in [0.15, 0.2) is 17.5 Å². The summed E-state index contributed by atoms with van der Waals surface area (Å²) in [6, 6.07) is 3.99. The maximum Gasteiger partial charge on any atom is 0.222 e. The van der Waals surface area contributed by atoms with Gasteiger partial charge in [0, 0.05) is 32.6 Å². The minimum atomic E-state index is 0.162. The van der Waals surface area contributed by atoms with Crippen molar-refractivity contribution >= 4 is 11.9 Å². The number of benzene rings is 1. The van der Waals surface area contributed by atoms with Crippen LogP contribution in [0.5, 0.6) is 11.5 Å². The molecule has 0 saturated carbocycles. The van der Waals surface area contributed by atoms with E-state index in [4.69, 9.17) is 15.2 Å². The van der Waals surface area contributed by atoms with Crippen molar-refractivity contribution in [1.29, 1.82) is 0 Å². The summed E-state index contributed by atoms with van der Waals surface area (Å²) in [7, 11) is 3.26. The molecule has 0 bridgehead atoms. The zero-order valence-corrected chi connectivity index (χ0v) is 16.9. The molecule has 0 aromatic heterocycles. The highest BCUT2D eigenvalue weighted by atomic mass is 16.5. The van der Waals surface area contributed by atoms with Crippen LogP contribution in [0.1, 0.15) is 37.8 Å². The van der Waals surface area contributed by atoms with Gasteiger partial charge in [-0.1, -0.05) is 13.8 Å². The highest BCUT2D eigenvalue weighted by Gasteiger charge is 2.22. The van der Waals surface area contributed by atoms with Crippen LogP contribution in [-0.2, 0) is 17.8 Å². The lowest BCUT2D eigenvalue weighted by Gasteiger charge is -2.29. The normalized spacial score (nSPS) is 14.1. The molecule has 0 radical (unpaired) electrons. The lowest BCUT2D eigenvalue weighted by molar-refractivity contribution is -0.132. The lowest BCUT2D eigenvalue weighted by atomic mass is 9.98. The molecule has 27 heavy (non-hydrogen) atoms. The Labute approximate surface area is 161 Å². The number of hydrogen-bond acceptors (Lipinski definition) is 4. The molecular formula is C20H32N4O3. The smallest absolute Gasteiger partial charge is 0.222 e. The molecule has 150 valence electrons. The van der Waals surface area contributed by atoms with Crippen LogP contribution in [0.25, 0.3) is 0 Å². The molecule has 0 fully saturated rings. The summed E-state index contributed by atoms with van der Waals surface area (Å²) in [5.74, 6) is 2.52. The van der Waals surface area contributed by atoms with Gasteiger partial charge in [0.1, 0.15) is 0 Å². The van der Waals surface area contributed by atoms with E-state index in [1.807, 2.05) is 17.0 Å². The molecule has 1 aliphatic heterocycles. The van der Waals surface area contributed by atoms with Crippen LogP contribution in [0.4, 0.5) is 0 Å². The van der Waals surface area contributed by atoms with Gasteiger partial charge < -0.3 is 25.4 Å². The molecular weight excluding hydrogens is 344 g/mol. The standard InChI is InChI=1S/C20H32N4O3/c1-14(2)12-23-20(21)22-8-5-6-19(25)24-9-7-15-10-17(26-3)18(27-4)11-16(15)13-24/h10-11,14H,5-9,12-13H2,1-4H3,(H3,21,22,23). The summed E-state index contributed by atoms with van der Waals surface area (Å²) in [5, 5.41) is 3.07. The third-order valence-corrected chi connectivity index (χ3v) is 4.57. The fourth-order valence-corrected chi connectivity index (χ4v) is 3.05. The summed E-state index contributed by atoms with van der Waals surface area (Å²) >= 11 is 0.